The van der Waals surface area contributed by atoms with Crippen LogP contribution in [0.1, 0.15) is 16.7 Å². The van der Waals surface area contributed by atoms with E-state index < -0.39 is 35.2 Å². The van der Waals surface area contributed by atoms with Crippen LogP contribution in [0.25, 0.3) is 5.57 Å². The smallest absolute Gasteiger partial charge is 0.744 e. The Hall–Kier alpha value is -2.90. The van der Waals surface area contributed by atoms with Crippen LogP contribution in [-0.4, -0.2) is 44.6 Å². The Kier molecular flexibility index (Phi) is 13.2. The Morgan fingerprint density at radius 1 is 0.633 bits per heavy atom. The monoisotopic (exact) mass is 736 g/mol. The molecule has 0 aliphatic heterocycles. The van der Waals surface area contributed by atoms with E-state index in [9.17, 15) is 38.9 Å². The van der Waals surface area contributed by atoms with E-state index in [0.29, 0.717) is 50.6 Å². The minimum Gasteiger partial charge on any atom is -0.744 e. The van der Waals surface area contributed by atoms with Gasteiger partial charge < -0.3 is 24.7 Å². The number of rotatable bonds is 8. The van der Waals surface area contributed by atoms with Gasteiger partial charge in [0.05, 0.1) is 25.4 Å². The minimum atomic E-state index is -4.91. The number of benzene rings is 4. The quantitative estimate of drug-likeness (QED) is 0.115. The van der Waals surface area contributed by atoms with Crippen molar-refractivity contribution in [3.05, 3.63) is 131 Å². The van der Waals surface area contributed by atoms with E-state index in [0.717, 1.165) is 12.1 Å². The van der Waals surface area contributed by atoms with Gasteiger partial charge in [-0.3, -0.25) is 0 Å². The number of nitrogens with two attached hydrogens (primary N) is 1. The molecule has 0 saturated heterocycles. The third-order valence-electron chi connectivity index (χ3n) is 7.05. The predicted molar refractivity (Wildman–Crippen MR) is 173 cm³/mol. The number of allylic oxidation sites excluding steroid dienone is 5. The van der Waals surface area contributed by atoms with Crippen molar-refractivity contribution in [2.24, 2.45) is 0 Å². The van der Waals surface area contributed by atoms with Gasteiger partial charge in [0, 0.05) is 35.7 Å². The maximum atomic E-state index is 12.1. The third-order valence-corrected chi connectivity index (χ3v) is 9.63. The number of nitrogen functional groups attached to an aromatic ring is 1. The maximum absolute atomic E-state index is 12.1. The molecule has 0 aromatic heterocycles. The molecule has 0 bridgehead atoms. The molecule has 0 saturated carbocycles. The molecule has 49 heavy (non-hydrogen) atoms. The fraction of sp³-hybridized carbons (Fsp3) is 0.0312. The zero-order valence-electron chi connectivity index (χ0n) is 26.3. The first-order valence-electron chi connectivity index (χ1n) is 13.5. The van der Waals surface area contributed by atoms with Crippen LogP contribution in [0.15, 0.2) is 129 Å². The van der Waals surface area contributed by atoms with E-state index in [1.807, 2.05) is 0 Å². The van der Waals surface area contributed by atoms with Gasteiger partial charge in [-0.15, -0.1) is 0 Å². The van der Waals surface area contributed by atoms with Crippen LogP contribution in [0.5, 0.6) is 0 Å². The summed E-state index contributed by atoms with van der Waals surface area (Å²) in [5.41, 5.74) is 10.5. The summed E-state index contributed by atoms with van der Waals surface area (Å²) in [7, 11) is -14.1. The van der Waals surface area contributed by atoms with Gasteiger partial charge in [-0.2, -0.15) is 0 Å². The standard InChI is InChI=1S/C32H27N3O9S3.2Na/c1-20-18-23(19-30(32(20)33)47(42,43)44)31(21-2-6-24(7-3-21)34-26-10-14-28(15-11-26)45(36,37)38)22-4-8-25(9-5-22)35-27-12-16-29(17-13-27)46(39,40)41;;/h2-19,34H,33H2,1H3,(H,36,37,38)(H,39,40,41)(H,42,43,44);;/q3*+1/p-3. The largest absolute Gasteiger partial charge is 1.00 e. The van der Waals surface area contributed by atoms with Crippen LogP contribution >= 0.6 is 0 Å². The number of nitrogens with one attached hydrogen (secondary N) is 1. The Morgan fingerprint density at radius 2 is 1.10 bits per heavy atom. The van der Waals surface area contributed by atoms with E-state index in [1.54, 1.807) is 61.6 Å². The summed E-state index contributed by atoms with van der Waals surface area (Å²) in [5.74, 6) is 0. The summed E-state index contributed by atoms with van der Waals surface area (Å²) in [6.45, 7) is 1.59. The summed E-state index contributed by atoms with van der Waals surface area (Å²) in [5, 5.41) is 3.11. The first kappa shape index (κ1) is 40.5. The molecule has 1 aliphatic rings. The third kappa shape index (κ3) is 10.1. The van der Waals surface area contributed by atoms with Crippen molar-refractivity contribution in [3.63, 3.8) is 0 Å². The molecule has 0 unspecified atom stereocenters. The summed E-state index contributed by atoms with van der Waals surface area (Å²) in [4.78, 5) is 3.16. The average Bonchev–Trinajstić information content (AvgIpc) is 3.00. The summed E-state index contributed by atoms with van der Waals surface area (Å²) >= 11 is 0. The molecule has 4 aromatic rings. The second kappa shape index (κ2) is 16.0. The SMILES string of the molecule is Cc1cc(C(=C2C=CC(=[N+]c3ccc(S(=O)(=O)[O-])cc3)C=C2)c2ccc(Nc3ccc(S(=O)(=O)[O-])cc3)cc2)cc(S(=O)(=O)[O-])c1N.[Na+].[Na+]. The van der Waals surface area contributed by atoms with E-state index in [-0.39, 0.29) is 74.6 Å². The van der Waals surface area contributed by atoms with E-state index in [4.69, 9.17) is 5.73 Å². The molecule has 0 fully saturated rings. The molecule has 12 nitrogen and oxygen atoms in total. The summed E-state index contributed by atoms with van der Waals surface area (Å²) in [6, 6.07) is 20.3. The van der Waals surface area contributed by atoms with Crippen molar-refractivity contribution in [1.82, 2.24) is 4.99 Å². The Morgan fingerprint density at radius 3 is 1.57 bits per heavy atom. The summed E-state index contributed by atoms with van der Waals surface area (Å²) < 4.78 is 104. The van der Waals surface area contributed by atoms with Gasteiger partial charge >= 0.3 is 59.1 Å². The van der Waals surface area contributed by atoms with Crippen LogP contribution < -0.4 is 75.2 Å². The molecule has 0 spiro atoms. The van der Waals surface area contributed by atoms with Crippen molar-refractivity contribution in [1.29, 1.82) is 0 Å². The number of hydrogen-bond acceptors (Lipinski definition) is 12. The molecule has 0 heterocycles. The van der Waals surface area contributed by atoms with Crippen LogP contribution in [-0.2, 0) is 30.4 Å². The number of hydrogen-bond donors (Lipinski definition) is 2. The van der Waals surface area contributed by atoms with Crippen LogP contribution in [0.2, 0.25) is 0 Å². The zero-order chi connectivity index (χ0) is 34.1. The normalized spacial score (nSPS) is 12.9. The number of aliphatic imine (C=N–C) groups is 1. The summed E-state index contributed by atoms with van der Waals surface area (Å²) in [6.07, 6.45) is 6.84. The van der Waals surface area contributed by atoms with Gasteiger partial charge in [0.25, 0.3) is 11.4 Å². The fourth-order valence-corrected chi connectivity index (χ4v) is 6.39. The molecular weight excluding hydrogens is 713 g/mol. The molecule has 17 heteroatoms. The van der Waals surface area contributed by atoms with Gasteiger partial charge in [-0.05, 0) is 108 Å². The van der Waals surface area contributed by atoms with Gasteiger partial charge in [0.2, 0.25) is 0 Å². The average molecular weight is 737 g/mol. The van der Waals surface area contributed by atoms with Gasteiger partial charge in [-0.1, -0.05) is 12.1 Å². The van der Waals surface area contributed by atoms with Crippen LogP contribution in [0.3, 0.4) is 0 Å². The predicted octanol–water partition coefficient (Wildman–Crippen LogP) is -1.92. The zero-order valence-corrected chi connectivity index (χ0v) is 32.8. The molecule has 4 aromatic carbocycles. The molecule has 0 atom stereocenters. The topological polar surface area (TPSA) is 224 Å². The van der Waals surface area contributed by atoms with Crippen molar-refractivity contribution >= 4 is 64.4 Å². The Labute approximate surface area is 328 Å². The molecule has 1 radical (unpaired) electrons. The Balaban J connectivity index is 0.00000325. The van der Waals surface area contributed by atoms with Crippen LogP contribution in [0.4, 0.5) is 22.7 Å². The van der Waals surface area contributed by atoms with Gasteiger partial charge in [0.15, 0.2) is 0 Å². The molecule has 1 aliphatic carbocycles. The van der Waals surface area contributed by atoms with Gasteiger partial charge in [0.1, 0.15) is 30.4 Å². The molecule has 0 amide bonds. The minimum absolute atomic E-state index is 0. The molecule has 3 N–H and O–H groups in total. The first-order chi connectivity index (χ1) is 22.0. The fourth-order valence-electron chi connectivity index (χ4n) is 4.75. The van der Waals surface area contributed by atoms with Crippen molar-refractivity contribution in [3.8, 4) is 0 Å². The van der Waals surface area contributed by atoms with E-state index in [2.05, 4.69) is 10.3 Å². The van der Waals surface area contributed by atoms with E-state index >= 15 is 0 Å². The number of anilines is 3. The first-order valence-corrected chi connectivity index (χ1v) is 17.8. The van der Waals surface area contributed by atoms with Crippen molar-refractivity contribution in [2.45, 2.75) is 21.6 Å². The second-order valence-corrected chi connectivity index (χ2v) is 14.4. The maximum Gasteiger partial charge on any atom is 1.00 e. The van der Waals surface area contributed by atoms with Crippen LogP contribution in [0, 0.1) is 6.92 Å². The van der Waals surface area contributed by atoms with Crippen molar-refractivity contribution in [2.75, 3.05) is 11.1 Å². The number of nitrogens with zero attached hydrogens (tertiary/aromatic N) is 1. The molecular formula is C32H24N3Na2O9S3. The van der Waals surface area contributed by atoms with E-state index in [1.165, 1.54) is 42.5 Å². The molecule has 241 valence electrons. The number of aryl methyl sites for hydroxylation is 1. The van der Waals surface area contributed by atoms with Crippen molar-refractivity contribution < 1.29 is 98.0 Å². The van der Waals surface area contributed by atoms with Gasteiger partial charge in [-0.25, -0.2) is 25.3 Å². The molecule has 5 rings (SSSR count). The Bertz CT molecular complexity index is 2320. The second-order valence-electron chi connectivity index (χ2n) is 10.3.